The number of benzene rings is 1. The molecule has 1 atom stereocenters. The lowest BCUT2D eigenvalue weighted by Crippen LogP contribution is -2.45. The SMILES string of the molecule is COCC(=O)N1CCC2(CCCN(Cc3cccc(F)c3F)C2)C1. The summed E-state index contributed by atoms with van der Waals surface area (Å²) in [5.74, 6) is -1.51. The van der Waals surface area contributed by atoms with Crippen LogP contribution >= 0.6 is 0 Å². The molecule has 0 saturated carbocycles. The molecule has 0 aromatic heterocycles. The minimum absolute atomic E-state index is 0.0303. The predicted molar refractivity (Wildman–Crippen MR) is 86.4 cm³/mol. The van der Waals surface area contributed by atoms with Gasteiger partial charge in [0.1, 0.15) is 6.61 Å². The summed E-state index contributed by atoms with van der Waals surface area (Å²) < 4.78 is 32.2. The van der Waals surface area contributed by atoms with Gasteiger partial charge in [0.15, 0.2) is 11.6 Å². The molecule has 1 spiro atoms. The second-order valence-electron chi connectivity index (χ2n) is 7.03. The molecule has 132 valence electrons. The first-order valence-electron chi connectivity index (χ1n) is 8.45. The van der Waals surface area contributed by atoms with Crippen molar-refractivity contribution in [3.63, 3.8) is 0 Å². The molecule has 0 aliphatic carbocycles. The fraction of sp³-hybridized carbons (Fsp3) is 0.611. The molecule has 1 unspecified atom stereocenters. The van der Waals surface area contributed by atoms with Crippen molar-refractivity contribution in [3.8, 4) is 0 Å². The van der Waals surface area contributed by atoms with E-state index in [9.17, 15) is 13.6 Å². The second kappa shape index (κ2) is 7.15. The maximum absolute atomic E-state index is 13.9. The van der Waals surface area contributed by atoms with Crippen LogP contribution in [0.15, 0.2) is 18.2 Å². The zero-order valence-electron chi connectivity index (χ0n) is 14.1. The molecule has 1 aromatic carbocycles. The topological polar surface area (TPSA) is 32.8 Å². The number of nitrogens with zero attached hydrogens (tertiary/aromatic N) is 2. The molecule has 2 aliphatic rings. The number of likely N-dealkylation sites (tertiary alicyclic amines) is 2. The van der Waals surface area contributed by atoms with Crippen LogP contribution in [0, 0.1) is 17.0 Å². The van der Waals surface area contributed by atoms with Gasteiger partial charge in [0.2, 0.25) is 5.91 Å². The lowest BCUT2D eigenvalue weighted by Gasteiger charge is -2.40. The van der Waals surface area contributed by atoms with Gasteiger partial charge >= 0.3 is 0 Å². The highest BCUT2D eigenvalue weighted by Crippen LogP contribution is 2.39. The molecule has 0 radical (unpaired) electrons. The van der Waals surface area contributed by atoms with Crippen LogP contribution in [0.2, 0.25) is 0 Å². The molecular formula is C18H24F2N2O2. The van der Waals surface area contributed by atoms with Crippen LogP contribution in [0.5, 0.6) is 0 Å². The van der Waals surface area contributed by atoms with Crippen molar-refractivity contribution in [1.29, 1.82) is 0 Å². The summed E-state index contributed by atoms with van der Waals surface area (Å²) in [7, 11) is 1.53. The van der Waals surface area contributed by atoms with E-state index in [4.69, 9.17) is 4.74 Å². The van der Waals surface area contributed by atoms with Gasteiger partial charge in [0.05, 0.1) is 0 Å². The molecule has 1 amide bonds. The van der Waals surface area contributed by atoms with E-state index in [1.807, 2.05) is 4.90 Å². The van der Waals surface area contributed by atoms with Gasteiger partial charge in [-0.1, -0.05) is 12.1 Å². The highest BCUT2D eigenvalue weighted by Gasteiger charge is 2.42. The van der Waals surface area contributed by atoms with Crippen molar-refractivity contribution < 1.29 is 18.3 Å². The van der Waals surface area contributed by atoms with Gasteiger partial charge in [-0.2, -0.15) is 0 Å². The average molecular weight is 338 g/mol. The highest BCUT2D eigenvalue weighted by molar-refractivity contribution is 5.77. The number of carbonyl (C=O) groups excluding carboxylic acids is 1. The molecule has 24 heavy (non-hydrogen) atoms. The smallest absolute Gasteiger partial charge is 0.248 e. The van der Waals surface area contributed by atoms with E-state index < -0.39 is 11.6 Å². The molecule has 6 heteroatoms. The summed E-state index contributed by atoms with van der Waals surface area (Å²) >= 11 is 0. The molecule has 0 N–H and O–H groups in total. The number of hydrogen-bond donors (Lipinski definition) is 0. The number of hydrogen-bond acceptors (Lipinski definition) is 3. The van der Waals surface area contributed by atoms with E-state index in [1.54, 1.807) is 12.1 Å². The number of piperidine rings is 1. The molecule has 2 aliphatic heterocycles. The number of rotatable bonds is 4. The van der Waals surface area contributed by atoms with E-state index >= 15 is 0 Å². The standard InChI is InChI=1S/C18H24F2N2O2/c1-24-11-16(23)22-9-7-18(13-22)6-3-8-21(12-18)10-14-4-2-5-15(19)17(14)20/h2,4-5H,3,6-13H2,1H3. The first-order valence-corrected chi connectivity index (χ1v) is 8.45. The number of halogens is 2. The number of carbonyl (C=O) groups is 1. The van der Waals surface area contributed by atoms with Crippen LogP contribution in [0.1, 0.15) is 24.8 Å². The van der Waals surface area contributed by atoms with Crippen molar-refractivity contribution in [3.05, 3.63) is 35.4 Å². The van der Waals surface area contributed by atoms with E-state index in [-0.39, 0.29) is 17.9 Å². The summed E-state index contributed by atoms with van der Waals surface area (Å²) in [6.45, 7) is 3.72. The minimum Gasteiger partial charge on any atom is -0.375 e. The Morgan fingerprint density at radius 2 is 2.08 bits per heavy atom. The molecule has 1 aromatic rings. The second-order valence-corrected chi connectivity index (χ2v) is 7.03. The molecule has 0 bridgehead atoms. The normalized spacial score (nSPS) is 24.7. The molecule has 4 nitrogen and oxygen atoms in total. The Labute approximate surface area is 141 Å². The average Bonchev–Trinajstić information content (AvgIpc) is 2.96. The fourth-order valence-corrected chi connectivity index (χ4v) is 4.05. The summed E-state index contributed by atoms with van der Waals surface area (Å²) in [5, 5.41) is 0. The highest BCUT2D eigenvalue weighted by atomic mass is 19.2. The van der Waals surface area contributed by atoms with Crippen molar-refractivity contribution in [2.75, 3.05) is 39.9 Å². The monoisotopic (exact) mass is 338 g/mol. The first-order chi connectivity index (χ1) is 11.5. The fourth-order valence-electron chi connectivity index (χ4n) is 4.05. The van der Waals surface area contributed by atoms with Crippen LogP contribution < -0.4 is 0 Å². The van der Waals surface area contributed by atoms with Crippen LogP contribution in [-0.2, 0) is 16.1 Å². The first kappa shape index (κ1) is 17.3. The molecular weight excluding hydrogens is 314 g/mol. The van der Waals surface area contributed by atoms with Crippen LogP contribution in [0.25, 0.3) is 0 Å². The van der Waals surface area contributed by atoms with E-state index in [0.717, 1.165) is 51.5 Å². The number of amides is 1. The third kappa shape index (κ3) is 3.59. The number of methoxy groups -OCH3 is 1. The molecule has 3 rings (SSSR count). The molecule has 2 fully saturated rings. The van der Waals surface area contributed by atoms with E-state index in [1.165, 1.54) is 7.11 Å². The Morgan fingerprint density at radius 3 is 2.88 bits per heavy atom. The lowest BCUT2D eigenvalue weighted by molar-refractivity contribution is -0.134. The van der Waals surface area contributed by atoms with Crippen molar-refractivity contribution in [1.82, 2.24) is 9.80 Å². The van der Waals surface area contributed by atoms with Gasteiger partial charge in [0, 0.05) is 44.3 Å². The summed E-state index contributed by atoms with van der Waals surface area (Å²) in [5.41, 5.74) is 0.475. The third-order valence-corrected chi connectivity index (χ3v) is 5.22. The third-order valence-electron chi connectivity index (χ3n) is 5.22. The van der Waals surface area contributed by atoms with Crippen LogP contribution in [-0.4, -0.2) is 55.6 Å². The van der Waals surface area contributed by atoms with Gasteiger partial charge in [-0.25, -0.2) is 8.78 Å². The van der Waals surface area contributed by atoms with Gasteiger partial charge in [-0.3, -0.25) is 9.69 Å². The van der Waals surface area contributed by atoms with Crippen molar-refractivity contribution in [2.45, 2.75) is 25.8 Å². The van der Waals surface area contributed by atoms with Gasteiger partial charge in [-0.15, -0.1) is 0 Å². The van der Waals surface area contributed by atoms with E-state index in [0.29, 0.717) is 12.1 Å². The predicted octanol–water partition coefficient (Wildman–Crippen LogP) is 2.43. The van der Waals surface area contributed by atoms with Gasteiger partial charge in [0.25, 0.3) is 0 Å². The Hall–Kier alpha value is -1.53. The van der Waals surface area contributed by atoms with Crippen LogP contribution in [0.4, 0.5) is 8.78 Å². The Kier molecular flexibility index (Phi) is 5.15. The van der Waals surface area contributed by atoms with Crippen molar-refractivity contribution in [2.24, 2.45) is 5.41 Å². The number of ether oxygens (including phenoxy) is 1. The lowest BCUT2D eigenvalue weighted by atomic mass is 9.79. The van der Waals surface area contributed by atoms with E-state index in [2.05, 4.69) is 4.90 Å². The van der Waals surface area contributed by atoms with Gasteiger partial charge < -0.3 is 9.64 Å². The Balaban J connectivity index is 1.64. The summed E-state index contributed by atoms with van der Waals surface area (Å²) in [6, 6.07) is 4.34. The van der Waals surface area contributed by atoms with Gasteiger partial charge in [-0.05, 0) is 31.9 Å². The largest absolute Gasteiger partial charge is 0.375 e. The maximum Gasteiger partial charge on any atom is 0.248 e. The summed E-state index contributed by atoms with van der Waals surface area (Å²) in [6.07, 6.45) is 3.06. The maximum atomic E-state index is 13.9. The molecule has 2 heterocycles. The molecule has 2 saturated heterocycles. The zero-order chi connectivity index (χ0) is 17.2. The quantitative estimate of drug-likeness (QED) is 0.845. The van der Waals surface area contributed by atoms with Crippen LogP contribution in [0.3, 0.4) is 0 Å². The minimum atomic E-state index is -0.795. The Bertz CT molecular complexity index is 611. The Morgan fingerprint density at radius 1 is 1.25 bits per heavy atom. The zero-order valence-corrected chi connectivity index (χ0v) is 14.1. The summed E-state index contributed by atoms with van der Waals surface area (Å²) in [4.78, 5) is 16.1. The van der Waals surface area contributed by atoms with Crippen molar-refractivity contribution >= 4 is 5.91 Å².